The van der Waals surface area contributed by atoms with E-state index in [-0.39, 0.29) is 17.7 Å². The summed E-state index contributed by atoms with van der Waals surface area (Å²) in [5.41, 5.74) is 0.574. The molecule has 1 heterocycles. The van der Waals surface area contributed by atoms with Crippen molar-refractivity contribution in [2.24, 2.45) is 0 Å². The number of carbonyl (C=O) groups excluding carboxylic acids is 1. The van der Waals surface area contributed by atoms with Gasteiger partial charge in [0.25, 0.3) is 5.91 Å². The Kier molecular flexibility index (Phi) is 6.20. The summed E-state index contributed by atoms with van der Waals surface area (Å²) in [6.07, 6.45) is -4.21. The van der Waals surface area contributed by atoms with Crippen LogP contribution in [0, 0.1) is 11.6 Å². The van der Waals surface area contributed by atoms with E-state index in [2.05, 4.69) is 0 Å². The third kappa shape index (κ3) is 4.30. The van der Waals surface area contributed by atoms with Gasteiger partial charge in [0.15, 0.2) is 23.1 Å². The number of benzene rings is 3. The highest BCUT2D eigenvalue weighted by molar-refractivity contribution is 5.95. The third-order valence-electron chi connectivity index (χ3n) is 5.83. The number of methoxy groups -OCH3 is 2. The molecule has 4 nitrogen and oxygen atoms in total. The molecule has 0 radical (unpaired) electrons. The zero-order valence-electron chi connectivity index (χ0n) is 18.2. The molecule has 1 amide bonds. The fourth-order valence-corrected chi connectivity index (χ4v) is 4.20. The van der Waals surface area contributed by atoms with Crippen LogP contribution < -0.4 is 9.47 Å². The molecule has 9 heteroatoms. The minimum Gasteiger partial charge on any atom is -0.493 e. The molecule has 1 aliphatic rings. The van der Waals surface area contributed by atoms with Crippen LogP contribution in [-0.4, -0.2) is 31.6 Å². The fraction of sp³-hybridized carbons (Fsp3) is 0.240. The van der Waals surface area contributed by atoms with Crippen molar-refractivity contribution in [3.05, 3.63) is 94.0 Å². The molecule has 0 bridgehead atoms. The van der Waals surface area contributed by atoms with Crippen LogP contribution in [0.3, 0.4) is 0 Å². The van der Waals surface area contributed by atoms with Crippen LogP contribution in [0.2, 0.25) is 0 Å². The summed E-state index contributed by atoms with van der Waals surface area (Å²) in [7, 11) is 2.90. The number of amides is 1. The number of nitrogens with zero attached hydrogens (tertiary/aromatic N) is 1. The van der Waals surface area contributed by atoms with Crippen LogP contribution in [-0.2, 0) is 12.6 Å². The van der Waals surface area contributed by atoms with E-state index in [0.717, 1.165) is 35.9 Å². The zero-order valence-corrected chi connectivity index (χ0v) is 18.2. The van der Waals surface area contributed by atoms with Crippen LogP contribution in [0.15, 0.2) is 54.6 Å². The minimum atomic E-state index is -4.58. The van der Waals surface area contributed by atoms with Gasteiger partial charge < -0.3 is 14.4 Å². The molecule has 0 aliphatic carbocycles. The van der Waals surface area contributed by atoms with E-state index >= 15 is 0 Å². The molecule has 3 aromatic rings. The average Bonchev–Trinajstić information content (AvgIpc) is 2.83. The Hall–Kier alpha value is -3.62. The number of hydrogen-bond donors (Lipinski definition) is 0. The maximum atomic E-state index is 13.8. The van der Waals surface area contributed by atoms with Gasteiger partial charge in [0.05, 0.1) is 25.8 Å². The maximum Gasteiger partial charge on any atom is 0.416 e. The Bertz CT molecular complexity index is 1240. The summed E-state index contributed by atoms with van der Waals surface area (Å²) in [6.45, 7) is 0.140. The SMILES string of the molecule is COc1cc2c(cc1OC)C(c1cccc(C(F)(F)F)c1)N(C(=O)c1ccc(F)c(F)c1)CC2. The highest BCUT2D eigenvalue weighted by atomic mass is 19.4. The summed E-state index contributed by atoms with van der Waals surface area (Å²) in [5, 5.41) is 0. The van der Waals surface area contributed by atoms with Gasteiger partial charge in [-0.05, 0) is 65.6 Å². The van der Waals surface area contributed by atoms with Gasteiger partial charge in [0.2, 0.25) is 0 Å². The monoisotopic (exact) mass is 477 g/mol. The van der Waals surface area contributed by atoms with Gasteiger partial charge in [-0.2, -0.15) is 13.2 Å². The molecule has 4 rings (SSSR count). The molecular weight excluding hydrogens is 457 g/mol. The second-order valence-electron chi connectivity index (χ2n) is 7.81. The van der Waals surface area contributed by atoms with Gasteiger partial charge in [-0.15, -0.1) is 0 Å². The maximum absolute atomic E-state index is 13.8. The van der Waals surface area contributed by atoms with E-state index in [1.54, 1.807) is 12.1 Å². The van der Waals surface area contributed by atoms with Gasteiger partial charge in [0, 0.05) is 12.1 Å². The molecular formula is C25H20F5NO3. The molecule has 0 saturated heterocycles. The van der Waals surface area contributed by atoms with Gasteiger partial charge in [0.1, 0.15) is 0 Å². The Morgan fingerprint density at radius 1 is 0.941 bits per heavy atom. The Labute approximate surface area is 192 Å². The van der Waals surface area contributed by atoms with E-state index in [4.69, 9.17) is 9.47 Å². The van der Waals surface area contributed by atoms with E-state index in [1.165, 1.54) is 31.3 Å². The lowest BCUT2D eigenvalue weighted by Crippen LogP contribution is -2.40. The summed E-state index contributed by atoms with van der Waals surface area (Å²) >= 11 is 0. The summed E-state index contributed by atoms with van der Waals surface area (Å²) in [6, 6.07) is 9.91. The Morgan fingerprint density at radius 3 is 2.29 bits per heavy atom. The number of carbonyl (C=O) groups is 1. The quantitative estimate of drug-likeness (QED) is 0.447. The normalized spacial score (nSPS) is 15.6. The van der Waals surface area contributed by atoms with Crippen molar-refractivity contribution in [3.63, 3.8) is 0 Å². The summed E-state index contributed by atoms with van der Waals surface area (Å²) in [5.74, 6) is -2.14. The van der Waals surface area contributed by atoms with E-state index in [1.807, 2.05) is 0 Å². The van der Waals surface area contributed by atoms with E-state index in [9.17, 15) is 26.7 Å². The molecule has 0 aromatic heterocycles. The third-order valence-corrected chi connectivity index (χ3v) is 5.83. The molecule has 178 valence electrons. The van der Waals surface area contributed by atoms with Gasteiger partial charge in [-0.1, -0.05) is 12.1 Å². The van der Waals surface area contributed by atoms with Crippen LogP contribution in [0.4, 0.5) is 22.0 Å². The number of hydrogen-bond acceptors (Lipinski definition) is 3. The van der Waals surface area contributed by atoms with Crippen LogP contribution in [0.5, 0.6) is 11.5 Å². The summed E-state index contributed by atoms with van der Waals surface area (Å²) < 4.78 is 78.3. The van der Waals surface area contributed by atoms with Crippen molar-refractivity contribution in [2.45, 2.75) is 18.6 Å². The number of alkyl halides is 3. The van der Waals surface area contributed by atoms with Gasteiger partial charge in [-0.25, -0.2) is 8.78 Å². The number of rotatable bonds is 4. The first-order valence-corrected chi connectivity index (χ1v) is 10.3. The van der Waals surface area contributed by atoms with Crippen LogP contribution in [0.1, 0.15) is 38.7 Å². The topological polar surface area (TPSA) is 38.8 Å². The average molecular weight is 477 g/mol. The van der Waals surface area contributed by atoms with Crippen molar-refractivity contribution >= 4 is 5.91 Å². The molecule has 1 aliphatic heterocycles. The molecule has 34 heavy (non-hydrogen) atoms. The predicted molar refractivity (Wildman–Crippen MR) is 114 cm³/mol. The van der Waals surface area contributed by atoms with Crippen molar-refractivity contribution < 1.29 is 36.2 Å². The molecule has 0 spiro atoms. The molecule has 1 unspecified atom stereocenters. The smallest absolute Gasteiger partial charge is 0.416 e. The largest absolute Gasteiger partial charge is 0.493 e. The van der Waals surface area contributed by atoms with Crippen molar-refractivity contribution in [1.82, 2.24) is 4.90 Å². The standard InChI is InChI=1S/C25H20F5NO3/c1-33-21-12-14-8-9-31(24(32)16-6-7-19(26)20(27)11-16)23(18(14)13-22(21)34-2)15-4-3-5-17(10-15)25(28,29)30/h3-7,10-13,23H,8-9H2,1-2H3. The van der Waals surface area contributed by atoms with Crippen molar-refractivity contribution in [2.75, 3.05) is 20.8 Å². The van der Waals surface area contributed by atoms with Crippen LogP contribution in [0.25, 0.3) is 0 Å². The molecule has 0 saturated carbocycles. The number of fused-ring (bicyclic) bond motifs is 1. The second kappa shape index (κ2) is 8.96. The lowest BCUT2D eigenvalue weighted by Gasteiger charge is -2.38. The second-order valence-corrected chi connectivity index (χ2v) is 7.81. The highest BCUT2D eigenvalue weighted by Crippen LogP contribution is 2.42. The Morgan fingerprint density at radius 2 is 1.65 bits per heavy atom. The minimum absolute atomic E-state index is 0.111. The predicted octanol–water partition coefficient (Wildman–Crippen LogP) is 5.79. The van der Waals surface area contributed by atoms with Crippen molar-refractivity contribution in [3.8, 4) is 11.5 Å². The highest BCUT2D eigenvalue weighted by Gasteiger charge is 2.36. The number of halogens is 5. The first kappa shape index (κ1) is 23.5. The Balaban J connectivity index is 1.89. The molecule has 1 atom stereocenters. The van der Waals surface area contributed by atoms with Crippen molar-refractivity contribution in [1.29, 1.82) is 0 Å². The van der Waals surface area contributed by atoms with E-state index < -0.39 is 35.3 Å². The summed E-state index contributed by atoms with van der Waals surface area (Å²) in [4.78, 5) is 14.7. The zero-order chi connectivity index (χ0) is 24.6. The van der Waals surface area contributed by atoms with Gasteiger partial charge in [-0.3, -0.25) is 4.79 Å². The van der Waals surface area contributed by atoms with Crippen LogP contribution >= 0.6 is 0 Å². The molecule has 0 fully saturated rings. The van der Waals surface area contributed by atoms with Gasteiger partial charge >= 0.3 is 6.18 Å². The first-order chi connectivity index (χ1) is 16.1. The van der Waals surface area contributed by atoms with E-state index in [0.29, 0.717) is 23.5 Å². The molecule has 3 aromatic carbocycles. The lowest BCUT2D eigenvalue weighted by atomic mass is 9.86. The first-order valence-electron chi connectivity index (χ1n) is 10.3. The lowest BCUT2D eigenvalue weighted by molar-refractivity contribution is -0.137. The molecule has 0 N–H and O–H groups in total. The number of ether oxygens (including phenoxy) is 2. The fourth-order valence-electron chi connectivity index (χ4n) is 4.20.